The summed E-state index contributed by atoms with van der Waals surface area (Å²) < 4.78 is 2.15. The highest BCUT2D eigenvalue weighted by Gasteiger charge is 2.34. The zero-order chi connectivity index (χ0) is 19.7. The third-order valence-electron chi connectivity index (χ3n) is 4.69. The summed E-state index contributed by atoms with van der Waals surface area (Å²) in [5.74, 6) is -0.202. The lowest BCUT2D eigenvalue weighted by atomic mass is 10.1. The Labute approximate surface area is 172 Å². The molecule has 0 aliphatic carbocycles. The Morgan fingerprint density at radius 1 is 1.07 bits per heavy atom. The van der Waals surface area contributed by atoms with Gasteiger partial charge < -0.3 is 4.57 Å². The summed E-state index contributed by atoms with van der Waals surface area (Å²) in [6, 6.07) is 15.9. The number of nitrogens with zero attached hydrogens (tertiary/aromatic N) is 2. The maximum atomic E-state index is 12.6. The molecule has 1 aromatic heterocycles. The highest BCUT2D eigenvalue weighted by molar-refractivity contribution is 8.18. The van der Waals surface area contributed by atoms with Crippen LogP contribution < -0.4 is 0 Å². The summed E-state index contributed by atoms with van der Waals surface area (Å²) in [5.41, 5.74) is 3.16. The van der Waals surface area contributed by atoms with Crippen LogP contribution in [0.2, 0.25) is 5.02 Å². The second kappa shape index (κ2) is 7.86. The zero-order valence-corrected chi connectivity index (χ0v) is 17.0. The van der Waals surface area contributed by atoms with Crippen molar-refractivity contribution in [3.05, 3.63) is 75.8 Å². The van der Waals surface area contributed by atoms with E-state index in [-0.39, 0.29) is 11.1 Å². The zero-order valence-electron chi connectivity index (χ0n) is 15.4. The number of fused-ring (bicyclic) bond motifs is 1. The first-order valence-electron chi connectivity index (χ1n) is 9.14. The SMILES string of the molecule is CCCN1C(=O)S/C(=C/c2cn(Cc3ccc(Cl)cc3)c3ccccc23)C1=O. The van der Waals surface area contributed by atoms with E-state index >= 15 is 0 Å². The molecule has 2 amide bonds. The van der Waals surface area contributed by atoms with Crippen LogP contribution in [0.4, 0.5) is 4.79 Å². The number of halogens is 1. The van der Waals surface area contributed by atoms with Gasteiger partial charge >= 0.3 is 0 Å². The number of benzene rings is 2. The Kier molecular flexibility index (Phi) is 5.29. The molecule has 0 spiro atoms. The standard InChI is InChI=1S/C22H19ClN2O2S/c1-2-11-25-21(26)20(28-22(25)27)12-16-14-24(19-6-4-3-5-18(16)19)13-15-7-9-17(23)10-8-15/h3-10,12,14H,2,11,13H2,1H3/b20-12+. The maximum Gasteiger partial charge on any atom is 0.293 e. The van der Waals surface area contributed by atoms with E-state index in [0.717, 1.165) is 40.2 Å². The van der Waals surface area contributed by atoms with Crippen LogP contribution >= 0.6 is 23.4 Å². The van der Waals surface area contributed by atoms with Crippen LogP contribution in [-0.4, -0.2) is 27.2 Å². The molecule has 0 saturated carbocycles. The fraction of sp³-hybridized carbons (Fsp3) is 0.182. The van der Waals surface area contributed by atoms with Gasteiger partial charge in [0, 0.05) is 40.8 Å². The number of rotatable bonds is 5. The van der Waals surface area contributed by atoms with E-state index in [1.165, 1.54) is 4.90 Å². The molecule has 1 aliphatic rings. The monoisotopic (exact) mass is 410 g/mol. The topological polar surface area (TPSA) is 42.3 Å². The molecule has 142 valence electrons. The van der Waals surface area contributed by atoms with Gasteiger partial charge in [0.2, 0.25) is 0 Å². The van der Waals surface area contributed by atoms with E-state index in [2.05, 4.69) is 10.6 Å². The van der Waals surface area contributed by atoms with Gasteiger partial charge in [0.1, 0.15) is 0 Å². The van der Waals surface area contributed by atoms with Crippen LogP contribution in [-0.2, 0) is 11.3 Å². The molecule has 6 heteroatoms. The van der Waals surface area contributed by atoms with Crippen LogP contribution in [0.25, 0.3) is 17.0 Å². The molecule has 4 nitrogen and oxygen atoms in total. The van der Waals surface area contributed by atoms with Crippen molar-refractivity contribution in [3.8, 4) is 0 Å². The van der Waals surface area contributed by atoms with Crippen molar-refractivity contribution in [1.29, 1.82) is 0 Å². The number of hydrogen-bond donors (Lipinski definition) is 0. The minimum absolute atomic E-state index is 0.192. The molecule has 1 saturated heterocycles. The minimum Gasteiger partial charge on any atom is -0.342 e. The van der Waals surface area contributed by atoms with Gasteiger partial charge in [-0.25, -0.2) is 0 Å². The molecular weight excluding hydrogens is 392 g/mol. The Hall–Kier alpha value is -2.50. The molecule has 4 rings (SSSR count). The van der Waals surface area contributed by atoms with Crippen LogP contribution in [0.1, 0.15) is 24.5 Å². The summed E-state index contributed by atoms with van der Waals surface area (Å²) in [6.45, 7) is 3.11. The van der Waals surface area contributed by atoms with Gasteiger partial charge in [-0.3, -0.25) is 14.5 Å². The summed E-state index contributed by atoms with van der Waals surface area (Å²) in [6.07, 6.45) is 4.63. The van der Waals surface area contributed by atoms with Crippen molar-refractivity contribution >= 4 is 51.5 Å². The number of imide groups is 1. The number of hydrogen-bond acceptors (Lipinski definition) is 3. The second-order valence-corrected chi connectivity index (χ2v) is 8.12. The van der Waals surface area contributed by atoms with Gasteiger partial charge in [-0.2, -0.15) is 0 Å². The van der Waals surface area contributed by atoms with Crippen molar-refractivity contribution in [1.82, 2.24) is 9.47 Å². The molecule has 2 heterocycles. The molecule has 2 aromatic carbocycles. The van der Waals surface area contributed by atoms with E-state index in [4.69, 9.17) is 11.6 Å². The van der Waals surface area contributed by atoms with Crippen molar-refractivity contribution in [2.45, 2.75) is 19.9 Å². The molecule has 0 radical (unpaired) electrons. The predicted octanol–water partition coefficient (Wildman–Crippen LogP) is 5.79. The lowest BCUT2D eigenvalue weighted by Crippen LogP contribution is -2.28. The molecule has 0 N–H and O–H groups in total. The molecule has 1 fully saturated rings. The Bertz CT molecular complexity index is 1090. The van der Waals surface area contributed by atoms with Crippen LogP contribution in [0.3, 0.4) is 0 Å². The average Bonchev–Trinajstić information content (AvgIpc) is 3.17. The van der Waals surface area contributed by atoms with E-state index in [9.17, 15) is 9.59 Å². The molecule has 0 unspecified atom stereocenters. The molecule has 0 bridgehead atoms. The smallest absolute Gasteiger partial charge is 0.293 e. The van der Waals surface area contributed by atoms with E-state index in [0.29, 0.717) is 23.0 Å². The summed E-state index contributed by atoms with van der Waals surface area (Å²) >= 11 is 7.00. The Balaban J connectivity index is 1.71. The Morgan fingerprint density at radius 3 is 2.57 bits per heavy atom. The van der Waals surface area contributed by atoms with Crippen molar-refractivity contribution in [2.24, 2.45) is 0 Å². The molecular formula is C22H19ClN2O2S. The maximum absolute atomic E-state index is 12.6. The van der Waals surface area contributed by atoms with Crippen LogP contribution in [0.15, 0.2) is 59.6 Å². The van der Waals surface area contributed by atoms with Crippen LogP contribution in [0, 0.1) is 0 Å². The number of carbonyl (C=O) groups is 2. The quantitative estimate of drug-likeness (QED) is 0.500. The Morgan fingerprint density at radius 2 is 1.82 bits per heavy atom. The van der Waals surface area contributed by atoms with Gasteiger partial charge in [0.05, 0.1) is 4.91 Å². The van der Waals surface area contributed by atoms with Crippen molar-refractivity contribution in [3.63, 3.8) is 0 Å². The van der Waals surface area contributed by atoms with Gasteiger partial charge in [0.15, 0.2) is 0 Å². The molecule has 1 aliphatic heterocycles. The number of amides is 2. The number of carbonyl (C=O) groups excluding carboxylic acids is 2. The minimum atomic E-state index is -0.202. The highest BCUT2D eigenvalue weighted by atomic mass is 35.5. The average molecular weight is 411 g/mol. The van der Waals surface area contributed by atoms with Crippen LogP contribution in [0.5, 0.6) is 0 Å². The van der Waals surface area contributed by atoms with E-state index in [1.807, 2.05) is 61.7 Å². The van der Waals surface area contributed by atoms with Gasteiger partial charge in [-0.15, -0.1) is 0 Å². The van der Waals surface area contributed by atoms with Crippen molar-refractivity contribution < 1.29 is 9.59 Å². The first-order valence-corrected chi connectivity index (χ1v) is 10.3. The normalized spacial score (nSPS) is 15.9. The first-order chi connectivity index (χ1) is 13.6. The number of aromatic nitrogens is 1. The number of thioether (sulfide) groups is 1. The first kappa shape index (κ1) is 18.8. The van der Waals surface area contributed by atoms with E-state index in [1.54, 1.807) is 0 Å². The largest absolute Gasteiger partial charge is 0.342 e. The predicted molar refractivity (Wildman–Crippen MR) is 115 cm³/mol. The third-order valence-corrected chi connectivity index (χ3v) is 5.85. The molecule has 0 atom stereocenters. The second-order valence-electron chi connectivity index (χ2n) is 6.69. The fourth-order valence-electron chi connectivity index (χ4n) is 3.37. The summed E-state index contributed by atoms with van der Waals surface area (Å²) in [7, 11) is 0. The summed E-state index contributed by atoms with van der Waals surface area (Å²) in [5, 5.41) is 1.58. The van der Waals surface area contributed by atoms with Gasteiger partial charge in [-0.05, 0) is 48.0 Å². The van der Waals surface area contributed by atoms with Gasteiger partial charge in [-0.1, -0.05) is 48.9 Å². The number of para-hydroxylation sites is 1. The molecule has 28 heavy (non-hydrogen) atoms. The summed E-state index contributed by atoms with van der Waals surface area (Å²) in [4.78, 5) is 26.5. The fourth-order valence-corrected chi connectivity index (χ4v) is 4.35. The molecule has 3 aromatic rings. The lowest BCUT2D eigenvalue weighted by Gasteiger charge is -2.09. The van der Waals surface area contributed by atoms with E-state index < -0.39 is 0 Å². The van der Waals surface area contributed by atoms with Gasteiger partial charge in [0.25, 0.3) is 11.1 Å². The third kappa shape index (κ3) is 3.60. The van der Waals surface area contributed by atoms with Crippen molar-refractivity contribution in [2.75, 3.05) is 6.54 Å². The lowest BCUT2D eigenvalue weighted by molar-refractivity contribution is -0.122. The highest BCUT2D eigenvalue weighted by Crippen LogP contribution is 2.34.